The van der Waals surface area contributed by atoms with Crippen LogP contribution in [0.4, 0.5) is 14.6 Å². The van der Waals surface area contributed by atoms with Gasteiger partial charge in [0, 0.05) is 30.2 Å². The summed E-state index contributed by atoms with van der Waals surface area (Å²) in [7, 11) is 0. The van der Waals surface area contributed by atoms with E-state index in [2.05, 4.69) is 27.8 Å². The average molecular weight is 507 g/mol. The van der Waals surface area contributed by atoms with Crippen LogP contribution in [0, 0.1) is 29.9 Å². The van der Waals surface area contributed by atoms with Crippen molar-refractivity contribution < 1.29 is 28.8 Å². The Morgan fingerprint density at radius 2 is 2.00 bits per heavy atom. The molecule has 1 aliphatic heterocycles. The van der Waals surface area contributed by atoms with E-state index >= 15 is 4.39 Å². The Morgan fingerprint density at radius 1 is 1.19 bits per heavy atom. The Kier molecular flexibility index (Phi) is 6.50. The second-order valence-electron chi connectivity index (χ2n) is 9.16. The van der Waals surface area contributed by atoms with Crippen molar-refractivity contribution in [3.63, 3.8) is 0 Å². The van der Waals surface area contributed by atoms with Gasteiger partial charge in [0.2, 0.25) is 0 Å². The first-order valence-corrected chi connectivity index (χ1v) is 11.8. The summed E-state index contributed by atoms with van der Waals surface area (Å²) in [4.78, 5) is 14.7. The SMILES string of the molecule is C#Cc1c(F)ccc2cc(O)cc(-c3ncc4c(N5CCCCC(C)C5)nc(OC(O)O)nc4c3F)c12. The Balaban J connectivity index is 1.78. The van der Waals surface area contributed by atoms with Gasteiger partial charge < -0.3 is 25.0 Å². The number of phenolic OH excluding ortho intramolecular Hbond substituents is 1. The van der Waals surface area contributed by atoms with Crippen LogP contribution < -0.4 is 9.64 Å². The number of hydrogen-bond acceptors (Lipinski definition) is 8. The Bertz CT molecular complexity index is 1550. The molecular formula is C27H24F2N4O4. The van der Waals surface area contributed by atoms with Gasteiger partial charge in [0.25, 0.3) is 0 Å². The first kappa shape index (κ1) is 24.6. The molecule has 1 atom stereocenters. The highest BCUT2D eigenvalue weighted by atomic mass is 19.1. The molecule has 1 saturated heterocycles. The third-order valence-corrected chi connectivity index (χ3v) is 6.51. The second-order valence-corrected chi connectivity index (χ2v) is 9.16. The van der Waals surface area contributed by atoms with Crippen molar-refractivity contribution in [1.29, 1.82) is 0 Å². The van der Waals surface area contributed by atoms with Crippen molar-refractivity contribution in [3.8, 4) is 35.4 Å². The van der Waals surface area contributed by atoms with Crippen molar-refractivity contribution in [2.75, 3.05) is 18.0 Å². The van der Waals surface area contributed by atoms with Crippen LogP contribution in [0.5, 0.6) is 11.8 Å². The summed E-state index contributed by atoms with van der Waals surface area (Å²) in [6, 6.07) is 4.84. The number of nitrogens with zero attached hydrogens (tertiary/aromatic N) is 4. The largest absolute Gasteiger partial charge is 0.508 e. The fourth-order valence-corrected chi connectivity index (χ4v) is 4.90. The number of anilines is 1. The molecule has 8 nitrogen and oxygen atoms in total. The van der Waals surface area contributed by atoms with E-state index in [9.17, 15) is 19.7 Å². The van der Waals surface area contributed by atoms with Gasteiger partial charge in [-0.15, -0.1) is 6.42 Å². The van der Waals surface area contributed by atoms with Crippen molar-refractivity contribution >= 4 is 27.5 Å². The Hall–Kier alpha value is -4.07. The molecule has 37 heavy (non-hydrogen) atoms. The zero-order valence-corrected chi connectivity index (χ0v) is 19.9. The highest BCUT2D eigenvalue weighted by Crippen LogP contribution is 2.39. The number of aliphatic hydroxyl groups is 2. The van der Waals surface area contributed by atoms with Crippen LogP contribution in [0.15, 0.2) is 30.5 Å². The summed E-state index contributed by atoms with van der Waals surface area (Å²) in [5.41, 5.74) is -0.421. The third-order valence-electron chi connectivity index (χ3n) is 6.51. The van der Waals surface area contributed by atoms with E-state index in [-0.39, 0.29) is 33.5 Å². The van der Waals surface area contributed by atoms with Gasteiger partial charge >= 0.3 is 12.5 Å². The summed E-state index contributed by atoms with van der Waals surface area (Å²) in [5, 5.41) is 29.9. The molecular weight excluding hydrogens is 482 g/mol. The summed E-state index contributed by atoms with van der Waals surface area (Å²) >= 11 is 0. The molecule has 1 fully saturated rings. The lowest BCUT2D eigenvalue weighted by Crippen LogP contribution is -2.29. The molecule has 2 aromatic carbocycles. The Morgan fingerprint density at radius 3 is 2.76 bits per heavy atom. The van der Waals surface area contributed by atoms with Gasteiger partial charge in [-0.05, 0) is 42.3 Å². The van der Waals surface area contributed by atoms with E-state index in [0.717, 1.165) is 19.3 Å². The number of benzene rings is 2. The zero-order valence-electron chi connectivity index (χ0n) is 19.9. The molecule has 4 aromatic rings. The van der Waals surface area contributed by atoms with Crippen LogP contribution in [0.3, 0.4) is 0 Å². The molecule has 190 valence electrons. The fraction of sp³-hybridized carbons (Fsp3) is 0.296. The van der Waals surface area contributed by atoms with Gasteiger partial charge in [-0.2, -0.15) is 9.97 Å². The van der Waals surface area contributed by atoms with Crippen molar-refractivity contribution in [1.82, 2.24) is 15.0 Å². The lowest BCUT2D eigenvalue weighted by Gasteiger charge is -2.25. The minimum atomic E-state index is -2.21. The number of fused-ring (bicyclic) bond motifs is 2. The number of pyridine rings is 1. The predicted molar refractivity (Wildman–Crippen MR) is 134 cm³/mol. The van der Waals surface area contributed by atoms with Gasteiger partial charge in [-0.25, -0.2) is 8.78 Å². The molecule has 1 unspecified atom stereocenters. The molecule has 0 bridgehead atoms. The van der Waals surface area contributed by atoms with Crippen LogP contribution in [0.25, 0.3) is 32.9 Å². The van der Waals surface area contributed by atoms with E-state index in [4.69, 9.17) is 11.2 Å². The maximum atomic E-state index is 16.2. The topological polar surface area (TPSA) is 112 Å². The number of phenols is 1. The second kappa shape index (κ2) is 9.76. The number of halogens is 2. The normalized spacial score (nSPS) is 16.2. The quantitative estimate of drug-likeness (QED) is 0.280. The molecule has 10 heteroatoms. The molecule has 3 heterocycles. The summed E-state index contributed by atoms with van der Waals surface area (Å²) < 4.78 is 35.7. The number of terminal acetylenes is 1. The average Bonchev–Trinajstić information content (AvgIpc) is 3.08. The summed E-state index contributed by atoms with van der Waals surface area (Å²) in [6.07, 6.45) is 9.94. The van der Waals surface area contributed by atoms with E-state index < -0.39 is 24.1 Å². The molecule has 2 aromatic heterocycles. The van der Waals surface area contributed by atoms with Gasteiger partial charge in [0.05, 0.1) is 10.9 Å². The standard InChI is InChI=1S/C27H24F2N4O4/c1-3-17-20(28)8-7-15-10-16(34)11-18(21(15)17)23-22(29)24-19(12-30-23)25(32-26(31-24)37-27(35)36)33-9-5-4-6-14(2)13-33/h1,7-8,10-12,14,27,34-36H,4-6,9,13H2,2H3. The molecule has 5 rings (SSSR count). The van der Waals surface area contributed by atoms with E-state index in [1.807, 2.05) is 4.90 Å². The fourth-order valence-electron chi connectivity index (χ4n) is 4.90. The Labute approximate surface area is 211 Å². The lowest BCUT2D eigenvalue weighted by molar-refractivity contribution is -0.183. The molecule has 3 N–H and O–H groups in total. The number of rotatable bonds is 4. The molecule has 0 radical (unpaired) electrons. The minimum Gasteiger partial charge on any atom is -0.508 e. The van der Waals surface area contributed by atoms with Gasteiger partial charge in [-0.1, -0.05) is 25.3 Å². The number of aromatic nitrogens is 3. The number of hydrogen-bond donors (Lipinski definition) is 3. The van der Waals surface area contributed by atoms with Crippen LogP contribution in [0.1, 0.15) is 31.7 Å². The van der Waals surface area contributed by atoms with Gasteiger partial charge in [-0.3, -0.25) is 4.98 Å². The minimum absolute atomic E-state index is 0.0788. The summed E-state index contributed by atoms with van der Waals surface area (Å²) in [5.74, 6) is 1.26. The highest BCUT2D eigenvalue weighted by Gasteiger charge is 2.25. The van der Waals surface area contributed by atoms with Crippen molar-refractivity contribution in [2.24, 2.45) is 5.92 Å². The van der Waals surface area contributed by atoms with E-state index in [1.54, 1.807) is 0 Å². The molecule has 0 aliphatic carbocycles. The van der Waals surface area contributed by atoms with Gasteiger partial charge in [0.1, 0.15) is 28.6 Å². The molecule has 0 saturated carbocycles. The number of aliphatic hydroxyl groups excluding tert-OH is 1. The van der Waals surface area contributed by atoms with Gasteiger partial charge in [0.15, 0.2) is 5.82 Å². The maximum Gasteiger partial charge on any atom is 0.323 e. The molecule has 0 spiro atoms. The van der Waals surface area contributed by atoms with Crippen LogP contribution >= 0.6 is 0 Å². The summed E-state index contributed by atoms with van der Waals surface area (Å²) in [6.45, 7) is 1.21. The molecule has 0 amide bonds. The smallest absolute Gasteiger partial charge is 0.323 e. The van der Waals surface area contributed by atoms with Crippen LogP contribution in [-0.2, 0) is 0 Å². The number of aromatic hydroxyl groups is 1. The third kappa shape index (κ3) is 4.59. The maximum absolute atomic E-state index is 16.2. The molecule has 1 aliphatic rings. The van der Waals surface area contributed by atoms with Crippen LogP contribution in [0.2, 0.25) is 0 Å². The van der Waals surface area contributed by atoms with Crippen molar-refractivity contribution in [2.45, 2.75) is 32.7 Å². The first-order chi connectivity index (χ1) is 17.8. The predicted octanol–water partition coefficient (Wildman–Crippen LogP) is 4.08. The monoisotopic (exact) mass is 506 g/mol. The van der Waals surface area contributed by atoms with E-state index in [1.165, 1.54) is 30.5 Å². The highest BCUT2D eigenvalue weighted by molar-refractivity contribution is 6.03. The zero-order chi connectivity index (χ0) is 26.3. The number of ether oxygens (including phenoxy) is 1. The van der Waals surface area contributed by atoms with Crippen LogP contribution in [-0.4, -0.2) is 49.8 Å². The lowest BCUT2D eigenvalue weighted by atomic mass is 9.96. The first-order valence-electron chi connectivity index (χ1n) is 11.8. The van der Waals surface area contributed by atoms with E-state index in [0.29, 0.717) is 35.6 Å². The van der Waals surface area contributed by atoms with Crippen molar-refractivity contribution in [3.05, 3.63) is 47.7 Å².